The number of aryl methyl sites for hydroxylation is 2. The first-order chi connectivity index (χ1) is 15.5. The number of nitrogens with zero attached hydrogens (tertiary/aromatic N) is 4. The molecule has 0 radical (unpaired) electrons. The third-order valence-electron chi connectivity index (χ3n) is 5.67. The van der Waals surface area contributed by atoms with Crippen molar-refractivity contribution < 1.29 is 13.7 Å². The number of amides is 1. The Bertz CT molecular complexity index is 1130. The van der Waals surface area contributed by atoms with Crippen molar-refractivity contribution in [1.82, 2.24) is 15.5 Å². The van der Waals surface area contributed by atoms with Gasteiger partial charge in [-0.15, -0.1) is 0 Å². The molecule has 1 amide bonds. The van der Waals surface area contributed by atoms with E-state index in [4.69, 9.17) is 9.78 Å². The van der Waals surface area contributed by atoms with Crippen molar-refractivity contribution in [3.8, 4) is 17.5 Å². The Morgan fingerprint density at radius 2 is 2.00 bits per heavy atom. The minimum atomic E-state index is -0.281. The van der Waals surface area contributed by atoms with Gasteiger partial charge in [-0.05, 0) is 67.8 Å². The van der Waals surface area contributed by atoms with Crippen molar-refractivity contribution in [3.05, 3.63) is 65.3 Å². The van der Waals surface area contributed by atoms with Crippen molar-refractivity contribution in [2.24, 2.45) is 0 Å². The second-order valence-electron chi connectivity index (χ2n) is 7.96. The van der Waals surface area contributed by atoms with E-state index in [0.717, 1.165) is 31.6 Å². The van der Waals surface area contributed by atoms with Gasteiger partial charge < -0.3 is 14.7 Å². The molecule has 1 aliphatic rings. The molecule has 0 atom stereocenters. The highest BCUT2D eigenvalue weighted by Gasteiger charge is 2.21. The lowest BCUT2D eigenvalue weighted by Gasteiger charge is -2.34. The van der Waals surface area contributed by atoms with E-state index in [1.807, 2.05) is 24.3 Å². The topological polar surface area (TPSA) is 95.0 Å². The Morgan fingerprint density at radius 3 is 2.69 bits per heavy atom. The predicted octanol–water partition coefficient (Wildman–Crippen LogP) is 3.77. The lowest BCUT2D eigenvalue weighted by atomic mass is 10.0. The second-order valence-corrected chi connectivity index (χ2v) is 7.96. The number of nitriles is 1. The molecule has 2 heterocycles. The summed E-state index contributed by atoms with van der Waals surface area (Å²) in [6.07, 6.45) is 2.34. The Kier molecular flexibility index (Phi) is 6.45. The van der Waals surface area contributed by atoms with Crippen LogP contribution >= 0.6 is 0 Å². The zero-order valence-electron chi connectivity index (χ0n) is 17.8. The molecule has 3 aromatic rings. The molecule has 1 saturated heterocycles. The smallest absolute Gasteiger partial charge is 0.227 e. The van der Waals surface area contributed by atoms with Crippen molar-refractivity contribution in [3.63, 3.8) is 0 Å². The summed E-state index contributed by atoms with van der Waals surface area (Å²) in [7, 11) is 0. The highest BCUT2D eigenvalue weighted by Crippen LogP contribution is 2.21. The van der Waals surface area contributed by atoms with Crippen molar-refractivity contribution in [2.45, 2.75) is 38.6 Å². The quantitative estimate of drug-likeness (QED) is 0.636. The van der Waals surface area contributed by atoms with E-state index in [9.17, 15) is 9.18 Å². The number of halogens is 1. The molecular formula is C24H24FN5O2. The van der Waals surface area contributed by atoms with Crippen LogP contribution in [0.25, 0.3) is 11.4 Å². The number of hydrogen-bond donors (Lipinski definition) is 1. The third kappa shape index (κ3) is 5.11. The van der Waals surface area contributed by atoms with Gasteiger partial charge in [0.1, 0.15) is 5.82 Å². The molecular weight excluding hydrogens is 409 g/mol. The number of benzene rings is 2. The highest BCUT2D eigenvalue weighted by molar-refractivity contribution is 5.76. The number of hydrogen-bond acceptors (Lipinski definition) is 6. The maximum absolute atomic E-state index is 13.4. The summed E-state index contributed by atoms with van der Waals surface area (Å²) in [5.41, 5.74) is 2.94. The third-order valence-corrected chi connectivity index (χ3v) is 5.67. The number of carbonyl (C=O) groups is 1. The summed E-state index contributed by atoms with van der Waals surface area (Å²) < 4.78 is 18.7. The first-order valence-electron chi connectivity index (χ1n) is 10.7. The van der Waals surface area contributed by atoms with E-state index in [1.165, 1.54) is 6.07 Å². The maximum atomic E-state index is 13.4. The fourth-order valence-electron chi connectivity index (χ4n) is 3.81. The van der Waals surface area contributed by atoms with E-state index in [0.29, 0.717) is 34.8 Å². The van der Waals surface area contributed by atoms with E-state index in [1.54, 1.807) is 19.1 Å². The summed E-state index contributed by atoms with van der Waals surface area (Å²) in [4.78, 5) is 19.0. The monoisotopic (exact) mass is 433 g/mol. The van der Waals surface area contributed by atoms with Crippen molar-refractivity contribution >= 4 is 11.6 Å². The van der Waals surface area contributed by atoms with Gasteiger partial charge in [-0.3, -0.25) is 4.79 Å². The van der Waals surface area contributed by atoms with Gasteiger partial charge in [0.15, 0.2) is 0 Å². The van der Waals surface area contributed by atoms with Gasteiger partial charge in [0, 0.05) is 43.2 Å². The molecule has 0 aliphatic carbocycles. The SMILES string of the molecule is Cc1cc(-c2noc(CCC(=O)NC3CCN(c4ccc(C#N)cc4)CC3)n2)ccc1F. The molecule has 164 valence electrons. The normalized spacial score (nSPS) is 14.2. The summed E-state index contributed by atoms with van der Waals surface area (Å²) >= 11 is 0. The Morgan fingerprint density at radius 1 is 1.25 bits per heavy atom. The van der Waals surface area contributed by atoms with Crippen LogP contribution in [-0.2, 0) is 11.2 Å². The average molecular weight is 433 g/mol. The van der Waals surface area contributed by atoms with Crippen LogP contribution in [0, 0.1) is 24.1 Å². The first-order valence-corrected chi connectivity index (χ1v) is 10.7. The maximum Gasteiger partial charge on any atom is 0.227 e. The summed E-state index contributed by atoms with van der Waals surface area (Å²) in [5.74, 6) is 0.447. The minimum absolute atomic E-state index is 0.0424. The zero-order valence-corrected chi connectivity index (χ0v) is 17.8. The molecule has 1 aromatic heterocycles. The lowest BCUT2D eigenvalue weighted by Crippen LogP contribution is -2.44. The van der Waals surface area contributed by atoms with Gasteiger partial charge in [0.2, 0.25) is 17.6 Å². The van der Waals surface area contributed by atoms with Crippen molar-refractivity contribution in [1.29, 1.82) is 5.26 Å². The second kappa shape index (κ2) is 9.60. The summed E-state index contributed by atoms with van der Waals surface area (Å²) in [6, 6.07) is 14.5. The Hall–Kier alpha value is -3.73. The van der Waals surface area contributed by atoms with Crippen LogP contribution in [-0.4, -0.2) is 35.2 Å². The van der Waals surface area contributed by atoms with E-state index >= 15 is 0 Å². The first kappa shape index (κ1) is 21.5. The van der Waals surface area contributed by atoms with Gasteiger partial charge in [0.25, 0.3) is 0 Å². The number of rotatable bonds is 6. The van der Waals surface area contributed by atoms with Crippen LogP contribution in [0.5, 0.6) is 0 Å². The highest BCUT2D eigenvalue weighted by atomic mass is 19.1. The van der Waals surface area contributed by atoms with Gasteiger partial charge in [0.05, 0.1) is 11.6 Å². The largest absolute Gasteiger partial charge is 0.371 e. The molecule has 1 aliphatic heterocycles. The molecule has 0 unspecified atom stereocenters. The number of anilines is 1. The van der Waals surface area contributed by atoms with E-state index in [2.05, 4.69) is 26.4 Å². The Balaban J connectivity index is 1.23. The molecule has 0 spiro atoms. The fourth-order valence-corrected chi connectivity index (χ4v) is 3.81. The molecule has 1 fully saturated rings. The lowest BCUT2D eigenvalue weighted by molar-refractivity contribution is -0.122. The molecule has 0 bridgehead atoms. The van der Waals surface area contributed by atoms with Gasteiger partial charge in [-0.2, -0.15) is 10.2 Å². The number of aromatic nitrogens is 2. The fraction of sp³-hybridized carbons (Fsp3) is 0.333. The zero-order chi connectivity index (χ0) is 22.5. The van der Waals surface area contributed by atoms with E-state index in [-0.39, 0.29) is 24.2 Å². The summed E-state index contributed by atoms with van der Waals surface area (Å²) in [5, 5.41) is 15.9. The van der Waals surface area contributed by atoms with Crippen molar-refractivity contribution in [2.75, 3.05) is 18.0 Å². The van der Waals surface area contributed by atoms with Crippen LogP contribution in [0.2, 0.25) is 0 Å². The average Bonchev–Trinajstić information content (AvgIpc) is 3.29. The molecule has 7 nitrogen and oxygen atoms in total. The predicted molar refractivity (Wildman–Crippen MR) is 117 cm³/mol. The molecule has 8 heteroatoms. The number of carbonyl (C=O) groups excluding carboxylic acids is 1. The number of piperidine rings is 1. The van der Waals surface area contributed by atoms with Gasteiger partial charge in [-0.25, -0.2) is 4.39 Å². The Labute approximate surface area is 185 Å². The molecule has 32 heavy (non-hydrogen) atoms. The molecule has 1 N–H and O–H groups in total. The van der Waals surface area contributed by atoms with E-state index < -0.39 is 0 Å². The van der Waals surface area contributed by atoms with Crippen LogP contribution in [0.3, 0.4) is 0 Å². The van der Waals surface area contributed by atoms with Crippen LogP contribution in [0.4, 0.5) is 10.1 Å². The van der Waals surface area contributed by atoms with Crippen LogP contribution in [0.1, 0.15) is 36.3 Å². The van der Waals surface area contributed by atoms with Crippen LogP contribution in [0.15, 0.2) is 47.0 Å². The minimum Gasteiger partial charge on any atom is -0.371 e. The molecule has 2 aromatic carbocycles. The molecule has 4 rings (SSSR count). The van der Waals surface area contributed by atoms with Gasteiger partial charge in [-0.1, -0.05) is 5.16 Å². The number of nitrogens with one attached hydrogen (secondary N) is 1. The van der Waals surface area contributed by atoms with Crippen LogP contribution < -0.4 is 10.2 Å². The molecule has 0 saturated carbocycles. The standard InChI is InChI=1S/C24H24FN5O2/c1-16-14-18(4-7-21(16)25)24-28-23(32-29-24)9-8-22(31)27-19-10-12-30(13-11-19)20-5-2-17(15-26)3-6-20/h2-7,14,19H,8-13H2,1H3,(H,27,31). The van der Waals surface area contributed by atoms with Gasteiger partial charge >= 0.3 is 0 Å². The summed E-state index contributed by atoms with van der Waals surface area (Å²) in [6.45, 7) is 3.38.